The van der Waals surface area contributed by atoms with E-state index in [0.29, 0.717) is 12.1 Å². The Morgan fingerprint density at radius 1 is 0.926 bits per heavy atom. The molecule has 0 aliphatic heterocycles. The summed E-state index contributed by atoms with van der Waals surface area (Å²) in [5.74, 6) is -0.0483. The van der Waals surface area contributed by atoms with Gasteiger partial charge in [-0.2, -0.15) is 0 Å². The van der Waals surface area contributed by atoms with Crippen molar-refractivity contribution in [3.63, 3.8) is 0 Å². The number of rotatable bonds is 8. The van der Waals surface area contributed by atoms with Crippen LogP contribution in [0.2, 0.25) is 0 Å². The van der Waals surface area contributed by atoms with Crippen molar-refractivity contribution in [2.45, 2.75) is 29.6 Å². The van der Waals surface area contributed by atoms with E-state index in [-0.39, 0.29) is 22.5 Å². The molecular formula is C18H21N3O4S2. The van der Waals surface area contributed by atoms with Gasteiger partial charge in [0, 0.05) is 22.7 Å². The number of nitrogens with two attached hydrogens (primary N) is 1. The zero-order valence-electron chi connectivity index (χ0n) is 14.8. The molecule has 2 aromatic carbocycles. The van der Waals surface area contributed by atoms with Crippen LogP contribution in [0.15, 0.2) is 58.3 Å². The summed E-state index contributed by atoms with van der Waals surface area (Å²) in [6, 6.07) is 12.9. The number of sulfonamides is 1. The first-order chi connectivity index (χ1) is 12.8. The molecule has 0 spiro atoms. The lowest BCUT2D eigenvalue weighted by Crippen LogP contribution is -2.15. The van der Waals surface area contributed by atoms with Crippen LogP contribution in [0.3, 0.4) is 0 Å². The highest BCUT2D eigenvalue weighted by atomic mass is 32.2. The largest absolute Gasteiger partial charge is 0.326 e. The number of carbonyl (C=O) groups excluding carboxylic acids is 2. The first kappa shape index (κ1) is 20.9. The lowest BCUT2D eigenvalue weighted by molar-refractivity contribution is -0.116. The Kier molecular flexibility index (Phi) is 7.40. The topological polar surface area (TPSA) is 118 Å². The predicted molar refractivity (Wildman–Crippen MR) is 107 cm³/mol. The SMILES string of the molecule is CCCC(=O)Nc1ccc(SCC(=O)Nc2ccc(S(N)(=O)=O)cc2)cc1. The van der Waals surface area contributed by atoms with Crippen LogP contribution in [0.5, 0.6) is 0 Å². The van der Waals surface area contributed by atoms with Crippen molar-refractivity contribution in [1.29, 1.82) is 0 Å². The molecule has 0 saturated carbocycles. The van der Waals surface area contributed by atoms with E-state index in [0.717, 1.165) is 17.0 Å². The molecule has 2 amide bonds. The Hall–Kier alpha value is -2.36. The first-order valence-corrected chi connectivity index (χ1v) is 10.8. The maximum Gasteiger partial charge on any atom is 0.238 e. The Morgan fingerprint density at radius 2 is 1.44 bits per heavy atom. The molecule has 7 nitrogen and oxygen atoms in total. The number of hydrogen-bond acceptors (Lipinski definition) is 5. The number of hydrogen-bond donors (Lipinski definition) is 3. The van der Waals surface area contributed by atoms with E-state index >= 15 is 0 Å². The van der Waals surface area contributed by atoms with Crippen molar-refractivity contribution < 1.29 is 18.0 Å². The van der Waals surface area contributed by atoms with E-state index in [1.807, 2.05) is 19.1 Å². The van der Waals surface area contributed by atoms with Crippen LogP contribution in [0.25, 0.3) is 0 Å². The highest BCUT2D eigenvalue weighted by Gasteiger charge is 2.08. The molecule has 144 valence electrons. The monoisotopic (exact) mass is 407 g/mol. The van der Waals surface area contributed by atoms with E-state index in [9.17, 15) is 18.0 Å². The third kappa shape index (κ3) is 7.05. The summed E-state index contributed by atoms with van der Waals surface area (Å²) >= 11 is 1.35. The van der Waals surface area contributed by atoms with Gasteiger partial charge in [0.1, 0.15) is 0 Å². The second-order valence-corrected chi connectivity index (χ2v) is 8.34. The number of nitrogens with one attached hydrogen (secondary N) is 2. The summed E-state index contributed by atoms with van der Waals surface area (Å²) in [5, 5.41) is 10.5. The first-order valence-electron chi connectivity index (χ1n) is 8.23. The molecule has 0 atom stereocenters. The Labute approximate surface area is 162 Å². The molecule has 0 saturated heterocycles. The molecule has 0 unspecified atom stereocenters. The highest BCUT2D eigenvalue weighted by molar-refractivity contribution is 8.00. The van der Waals surface area contributed by atoms with Gasteiger partial charge < -0.3 is 10.6 Å². The normalized spacial score (nSPS) is 11.0. The van der Waals surface area contributed by atoms with Crippen LogP contribution >= 0.6 is 11.8 Å². The molecule has 4 N–H and O–H groups in total. The van der Waals surface area contributed by atoms with Crippen molar-refractivity contribution in [2.75, 3.05) is 16.4 Å². The number of amides is 2. The number of thioether (sulfide) groups is 1. The number of carbonyl (C=O) groups is 2. The summed E-state index contributed by atoms with van der Waals surface area (Å²) in [5.41, 5.74) is 1.21. The van der Waals surface area contributed by atoms with Crippen LogP contribution < -0.4 is 15.8 Å². The second kappa shape index (κ2) is 9.54. The third-order valence-electron chi connectivity index (χ3n) is 3.45. The van der Waals surface area contributed by atoms with Crippen LogP contribution in [0.4, 0.5) is 11.4 Å². The number of benzene rings is 2. The van der Waals surface area contributed by atoms with Gasteiger partial charge in [0.2, 0.25) is 21.8 Å². The summed E-state index contributed by atoms with van der Waals surface area (Å²) in [7, 11) is -3.75. The smallest absolute Gasteiger partial charge is 0.238 e. The maximum atomic E-state index is 12.0. The molecule has 0 fully saturated rings. The van der Waals surface area contributed by atoms with Gasteiger partial charge >= 0.3 is 0 Å². The fraction of sp³-hybridized carbons (Fsp3) is 0.222. The van der Waals surface area contributed by atoms with Crippen molar-refractivity contribution in [2.24, 2.45) is 5.14 Å². The fourth-order valence-corrected chi connectivity index (χ4v) is 3.37. The molecule has 2 rings (SSSR count). The molecule has 0 radical (unpaired) electrons. The van der Waals surface area contributed by atoms with Crippen LogP contribution in [-0.4, -0.2) is 26.0 Å². The summed E-state index contributed by atoms with van der Waals surface area (Å²) in [4.78, 5) is 24.5. The van der Waals surface area contributed by atoms with Crippen LogP contribution in [0, 0.1) is 0 Å². The van der Waals surface area contributed by atoms with Gasteiger partial charge in [-0.05, 0) is 55.0 Å². The van der Waals surface area contributed by atoms with Crippen molar-refractivity contribution in [1.82, 2.24) is 0 Å². The fourth-order valence-electron chi connectivity index (χ4n) is 2.16. The van der Waals surface area contributed by atoms with Gasteiger partial charge in [-0.15, -0.1) is 11.8 Å². The van der Waals surface area contributed by atoms with Crippen molar-refractivity contribution in [3.05, 3.63) is 48.5 Å². The Morgan fingerprint density at radius 3 is 1.96 bits per heavy atom. The summed E-state index contributed by atoms with van der Waals surface area (Å²) in [6.07, 6.45) is 1.27. The third-order valence-corrected chi connectivity index (χ3v) is 5.39. The molecule has 9 heteroatoms. The molecule has 0 heterocycles. The van der Waals surface area contributed by atoms with E-state index in [1.165, 1.54) is 36.0 Å². The van der Waals surface area contributed by atoms with Gasteiger partial charge in [0.15, 0.2) is 0 Å². The molecular weight excluding hydrogens is 386 g/mol. The van der Waals surface area contributed by atoms with Crippen molar-refractivity contribution in [3.8, 4) is 0 Å². The van der Waals surface area contributed by atoms with Gasteiger partial charge in [0.05, 0.1) is 10.6 Å². The van der Waals surface area contributed by atoms with Gasteiger partial charge in [-0.1, -0.05) is 6.92 Å². The van der Waals surface area contributed by atoms with Crippen LogP contribution in [0.1, 0.15) is 19.8 Å². The zero-order valence-corrected chi connectivity index (χ0v) is 16.4. The molecule has 0 bridgehead atoms. The number of primary sulfonamides is 1. The summed E-state index contributed by atoms with van der Waals surface area (Å²) < 4.78 is 22.4. The van der Waals surface area contributed by atoms with Gasteiger partial charge in [0.25, 0.3) is 0 Å². The van der Waals surface area contributed by atoms with E-state index < -0.39 is 10.0 Å². The quantitative estimate of drug-likeness (QED) is 0.582. The maximum absolute atomic E-state index is 12.0. The molecule has 0 aliphatic rings. The average molecular weight is 408 g/mol. The summed E-state index contributed by atoms with van der Waals surface area (Å²) in [6.45, 7) is 1.94. The predicted octanol–water partition coefficient (Wildman–Crippen LogP) is 2.80. The van der Waals surface area contributed by atoms with Crippen LogP contribution in [-0.2, 0) is 19.6 Å². The lowest BCUT2D eigenvalue weighted by atomic mass is 10.3. The van der Waals surface area contributed by atoms with E-state index in [2.05, 4.69) is 10.6 Å². The minimum absolute atomic E-state index is 0.0130. The minimum atomic E-state index is -3.75. The van der Waals surface area contributed by atoms with E-state index in [4.69, 9.17) is 5.14 Å². The van der Waals surface area contributed by atoms with Crippen molar-refractivity contribution >= 4 is 45.0 Å². The van der Waals surface area contributed by atoms with Gasteiger partial charge in [-0.25, -0.2) is 13.6 Å². The zero-order chi connectivity index (χ0) is 19.9. The Bertz CT molecular complexity index is 895. The molecule has 0 aromatic heterocycles. The van der Waals surface area contributed by atoms with E-state index in [1.54, 1.807) is 12.1 Å². The Balaban J connectivity index is 1.84. The lowest BCUT2D eigenvalue weighted by Gasteiger charge is -2.07. The minimum Gasteiger partial charge on any atom is -0.326 e. The molecule has 0 aliphatic carbocycles. The number of anilines is 2. The molecule has 27 heavy (non-hydrogen) atoms. The average Bonchev–Trinajstić information content (AvgIpc) is 2.61. The standard InChI is InChI=1S/C18H21N3O4S2/c1-2-3-17(22)20-13-4-8-15(9-5-13)26-12-18(23)21-14-6-10-16(11-7-14)27(19,24)25/h4-11H,2-3,12H2,1H3,(H,20,22)(H,21,23)(H2,19,24,25). The highest BCUT2D eigenvalue weighted by Crippen LogP contribution is 2.21. The second-order valence-electron chi connectivity index (χ2n) is 5.73. The van der Waals surface area contributed by atoms with Gasteiger partial charge in [-0.3, -0.25) is 9.59 Å². The molecule has 2 aromatic rings.